The predicted molar refractivity (Wildman–Crippen MR) is 134 cm³/mol. The van der Waals surface area contributed by atoms with E-state index in [0.717, 1.165) is 6.07 Å². The van der Waals surface area contributed by atoms with Crippen molar-refractivity contribution in [3.05, 3.63) is 46.8 Å². The molecule has 0 spiro atoms. The van der Waals surface area contributed by atoms with E-state index in [1.165, 1.54) is 30.3 Å². The summed E-state index contributed by atoms with van der Waals surface area (Å²) < 4.78 is 67.0. The first-order valence-corrected chi connectivity index (χ1v) is 13.4. The Hall–Kier alpha value is -3.79. The fourth-order valence-corrected chi connectivity index (χ4v) is 4.67. The fraction of sp³-hybridized carbons (Fsp3) is 0.227. The highest BCUT2D eigenvalue weighted by Gasteiger charge is 2.20. The molecule has 1 unspecified atom stereocenters. The molecule has 2 heterocycles. The van der Waals surface area contributed by atoms with Crippen LogP contribution in [0.25, 0.3) is 33.5 Å². The maximum absolute atomic E-state index is 12.7. The van der Waals surface area contributed by atoms with Gasteiger partial charge in [0.2, 0.25) is 5.89 Å². The minimum Gasteiger partial charge on any atom is -0.481 e. The first-order chi connectivity index (χ1) is 17.5. The number of aliphatic carboxylic acids is 1. The van der Waals surface area contributed by atoms with Gasteiger partial charge >= 0.3 is 11.6 Å². The lowest BCUT2D eigenvalue weighted by atomic mass is 10.1. The minimum absolute atomic E-state index is 0.0206. The molecule has 0 amide bonds. The number of carbonyl (C=O) groups is 1. The van der Waals surface area contributed by atoms with Gasteiger partial charge in [0.15, 0.2) is 5.58 Å². The summed E-state index contributed by atoms with van der Waals surface area (Å²) >= 11 is -2.30. The number of hydrogen-bond donors (Lipinski definition) is 5. The normalized spacial score (nSPS) is 12.6. The molecule has 5 N–H and O–H groups in total. The van der Waals surface area contributed by atoms with Crippen LogP contribution in [0.3, 0.4) is 0 Å². The molecule has 4 aromatic rings. The maximum atomic E-state index is 12.7. The Morgan fingerprint density at radius 3 is 2.54 bits per heavy atom. The maximum Gasteiger partial charge on any atom is 0.349 e. The summed E-state index contributed by atoms with van der Waals surface area (Å²) in [4.78, 5) is 27.1. The molecule has 4 rings (SSSR count). The third kappa shape index (κ3) is 6.32. The second-order valence-corrected chi connectivity index (χ2v) is 10.1. The van der Waals surface area contributed by atoms with Gasteiger partial charge in [0.05, 0.1) is 11.4 Å². The van der Waals surface area contributed by atoms with E-state index in [0.29, 0.717) is 31.5 Å². The van der Waals surface area contributed by atoms with E-state index >= 15 is 0 Å². The molecule has 2 aromatic heterocycles. The molecule has 1 atom stereocenters. The Morgan fingerprint density at radius 2 is 1.84 bits per heavy atom. The number of anilines is 2. The Labute approximate surface area is 211 Å². The first-order valence-electron chi connectivity index (χ1n) is 10.8. The topological polar surface area (TPSA) is 209 Å². The van der Waals surface area contributed by atoms with Crippen molar-refractivity contribution >= 4 is 60.8 Å². The number of oxazole rings is 1. The molecule has 0 aliphatic heterocycles. The van der Waals surface area contributed by atoms with Crippen LogP contribution in [0.15, 0.2) is 54.9 Å². The SMILES string of the molecule is O=C(O)CCCCCNc1cc2oc(=O)c(-c3nc4cc(NS(=O)O)ccc4o3)cc2cc1S(=O)(=O)O. The van der Waals surface area contributed by atoms with Crippen LogP contribution in [0.5, 0.6) is 0 Å². The third-order valence-electron chi connectivity index (χ3n) is 5.32. The Kier molecular flexibility index (Phi) is 7.58. The second kappa shape index (κ2) is 10.7. The number of aromatic nitrogens is 1. The molecular formula is C22H21N3O10S2. The summed E-state index contributed by atoms with van der Waals surface area (Å²) in [5.41, 5.74) is 0.00233. The molecule has 15 heteroatoms. The number of unbranched alkanes of at least 4 members (excludes halogenated alkanes) is 2. The molecule has 0 aliphatic rings. The van der Waals surface area contributed by atoms with Crippen LogP contribution in [-0.4, -0.2) is 44.3 Å². The summed E-state index contributed by atoms with van der Waals surface area (Å²) in [6, 6.07) is 8.14. The third-order valence-corrected chi connectivity index (χ3v) is 6.62. The molecule has 37 heavy (non-hydrogen) atoms. The molecule has 0 saturated carbocycles. The molecule has 2 aromatic carbocycles. The van der Waals surface area contributed by atoms with Gasteiger partial charge < -0.3 is 19.3 Å². The molecule has 0 aliphatic carbocycles. The largest absolute Gasteiger partial charge is 0.481 e. The lowest BCUT2D eigenvalue weighted by molar-refractivity contribution is -0.137. The van der Waals surface area contributed by atoms with Crippen LogP contribution >= 0.6 is 0 Å². The number of benzene rings is 2. The van der Waals surface area contributed by atoms with Gasteiger partial charge in [0.1, 0.15) is 21.6 Å². The zero-order chi connectivity index (χ0) is 26.7. The van der Waals surface area contributed by atoms with Crippen molar-refractivity contribution in [3.8, 4) is 11.5 Å². The van der Waals surface area contributed by atoms with E-state index in [2.05, 4.69) is 15.0 Å². The van der Waals surface area contributed by atoms with Crippen molar-refractivity contribution in [1.29, 1.82) is 0 Å². The van der Waals surface area contributed by atoms with Crippen LogP contribution in [0.1, 0.15) is 25.7 Å². The molecule has 0 radical (unpaired) electrons. The lowest BCUT2D eigenvalue weighted by Crippen LogP contribution is -2.09. The Bertz CT molecular complexity index is 1680. The Morgan fingerprint density at radius 1 is 1.05 bits per heavy atom. The van der Waals surface area contributed by atoms with Gasteiger partial charge in [-0.15, -0.1) is 0 Å². The number of nitrogens with zero attached hydrogens (tertiary/aromatic N) is 1. The van der Waals surface area contributed by atoms with Crippen LogP contribution < -0.4 is 15.7 Å². The smallest absolute Gasteiger partial charge is 0.349 e. The summed E-state index contributed by atoms with van der Waals surface area (Å²) in [7, 11) is -4.66. The van der Waals surface area contributed by atoms with Gasteiger partial charge in [-0.3, -0.25) is 18.6 Å². The molecule has 0 saturated heterocycles. The average Bonchev–Trinajstić information content (AvgIpc) is 3.22. The van der Waals surface area contributed by atoms with Gasteiger partial charge in [-0.05, 0) is 43.2 Å². The van der Waals surface area contributed by atoms with Gasteiger partial charge in [0.25, 0.3) is 21.4 Å². The summed E-state index contributed by atoms with van der Waals surface area (Å²) in [6.45, 7) is 0.291. The molecule has 13 nitrogen and oxygen atoms in total. The molecule has 0 fully saturated rings. The van der Waals surface area contributed by atoms with Crippen molar-refractivity contribution in [2.24, 2.45) is 0 Å². The quantitative estimate of drug-likeness (QED) is 0.0785. The van der Waals surface area contributed by atoms with E-state index in [4.69, 9.17) is 18.5 Å². The van der Waals surface area contributed by atoms with Crippen molar-refractivity contribution in [3.63, 3.8) is 0 Å². The second-order valence-electron chi connectivity index (χ2n) is 7.99. The minimum atomic E-state index is -4.66. The van der Waals surface area contributed by atoms with Crippen molar-refractivity contribution in [2.45, 2.75) is 30.6 Å². The van der Waals surface area contributed by atoms with Gasteiger partial charge in [0, 0.05) is 24.4 Å². The van der Waals surface area contributed by atoms with E-state index < -0.39 is 37.9 Å². The summed E-state index contributed by atoms with van der Waals surface area (Å²) in [6.07, 6.45) is 1.63. The van der Waals surface area contributed by atoms with Crippen LogP contribution in [0.4, 0.5) is 11.4 Å². The van der Waals surface area contributed by atoms with Crippen LogP contribution in [0, 0.1) is 0 Å². The van der Waals surface area contributed by atoms with Crippen LogP contribution in [0.2, 0.25) is 0 Å². The lowest BCUT2D eigenvalue weighted by Gasteiger charge is -2.11. The number of carboxylic acids is 1. The highest BCUT2D eigenvalue weighted by molar-refractivity contribution is 7.86. The van der Waals surface area contributed by atoms with E-state index in [1.807, 2.05) is 0 Å². The molecule has 196 valence electrons. The number of fused-ring (bicyclic) bond motifs is 2. The average molecular weight is 552 g/mol. The van der Waals surface area contributed by atoms with Gasteiger partial charge in [-0.1, -0.05) is 6.42 Å². The van der Waals surface area contributed by atoms with Gasteiger partial charge in [-0.25, -0.2) is 14.0 Å². The zero-order valence-electron chi connectivity index (χ0n) is 19.0. The van der Waals surface area contributed by atoms with Gasteiger partial charge in [-0.2, -0.15) is 8.42 Å². The zero-order valence-corrected chi connectivity index (χ0v) is 20.6. The predicted octanol–water partition coefficient (Wildman–Crippen LogP) is 3.45. The standard InChI is InChI=1S/C22H21N3O10S2/c26-20(27)4-2-1-3-7-23-16-11-18-12(9-19(16)37(31,32)33)8-14(22(28)35-18)21-24-15-10-13(25-36(29)30)5-6-17(15)34-21/h5-6,8-11,23,25H,1-4,7H2,(H,26,27)(H,29,30)(H,31,32,33). The number of carboxylic acid groups (broad SMARTS) is 1. The van der Waals surface area contributed by atoms with E-state index in [-0.39, 0.29) is 45.6 Å². The Balaban J connectivity index is 1.66. The number of rotatable bonds is 11. The number of hydrogen-bond acceptors (Lipinski definition) is 9. The highest BCUT2D eigenvalue weighted by Crippen LogP contribution is 2.31. The number of nitrogens with one attached hydrogen (secondary N) is 2. The van der Waals surface area contributed by atoms with Crippen LogP contribution in [-0.2, 0) is 26.2 Å². The fourth-order valence-electron chi connectivity index (χ4n) is 3.65. The van der Waals surface area contributed by atoms with Crippen molar-refractivity contribution in [1.82, 2.24) is 4.98 Å². The first kappa shape index (κ1) is 26.3. The van der Waals surface area contributed by atoms with Crippen molar-refractivity contribution < 1.29 is 40.5 Å². The summed E-state index contributed by atoms with van der Waals surface area (Å²) in [5, 5.41) is 11.7. The molecule has 0 bridgehead atoms. The van der Waals surface area contributed by atoms with Crippen molar-refractivity contribution in [2.75, 3.05) is 16.6 Å². The van der Waals surface area contributed by atoms with E-state index in [1.54, 1.807) is 0 Å². The monoisotopic (exact) mass is 551 g/mol. The summed E-state index contributed by atoms with van der Waals surface area (Å²) in [5.74, 6) is -1.02. The van der Waals surface area contributed by atoms with E-state index in [9.17, 15) is 26.8 Å². The molecular weight excluding hydrogens is 530 g/mol. The highest BCUT2D eigenvalue weighted by atomic mass is 32.2.